The van der Waals surface area contributed by atoms with Gasteiger partial charge in [-0.3, -0.25) is 9.52 Å². The normalized spacial score (nSPS) is 12.1. The van der Waals surface area contributed by atoms with E-state index in [-0.39, 0.29) is 21.9 Å². The van der Waals surface area contributed by atoms with Gasteiger partial charge in [0.15, 0.2) is 6.10 Å². The standard InChI is InChI=1S/C21H19FN2O5S2/c1-2-18(20(25)23-15-11-9-14(22)10-12-15)29-21(26)16-6-3-4-7-17(16)24-31(27,28)19-8-5-13-30-19/h3-13,18,24H,2H2,1H3,(H,23,25). The monoisotopic (exact) mass is 462 g/mol. The van der Waals surface area contributed by atoms with Gasteiger partial charge in [0.2, 0.25) is 0 Å². The molecule has 0 bridgehead atoms. The highest BCUT2D eigenvalue weighted by Crippen LogP contribution is 2.24. The number of thiophene rings is 1. The van der Waals surface area contributed by atoms with E-state index in [1.807, 2.05) is 0 Å². The predicted octanol–water partition coefficient (Wildman–Crippen LogP) is 4.26. The van der Waals surface area contributed by atoms with E-state index in [1.54, 1.807) is 30.5 Å². The highest BCUT2D eigenvalue weighted by molar-refractivity contribution is 7.94. The molecule has 31 heavy (non-hydrogen) atoms. The van der Waals surface area contributed by atoms with Crippen molar-refractivity contribution in [2.45, 2.75) is 23.7 Å². The molecule has 1 aromatic heterocycles. The van der Waals surface area contributed by atoms with Crippen LogP contribution in [-0.2, 0) is 19.6 Å². The van der Waals surface area contributed by atoms with Gasteiger partial charge in [0.05, 0.1) is 11.3 Å². The molecule has 0 aliphatic heterocycles. The van der Waals surface area contributed by atoms with Crippen LogP contribution in [0.2, 0.25) is 0 Å². The number of carbonyl (C=O) groups is 2. The van der Waals surface area contributed by atoms with Crippen molar-refractivity contribution >= 4 is 44.6 Å². The number of halogens is 1. The molecule has 0 radical (unpaired) electrons. The molecular weight excluding hydrogens is 443 g/mol. The first-order valence-electron chi connectivity index (χ1n) is 9.23. The number of sulfonamides is 1. The number of ether oxygens (including phenoxy) is 1. The van der Waals surface area contributed by atoms with Gasteiger partial charge in [0.1, 0.15) is 10.0 Å². The summed E-state index contributed by atoms with van der Waals surface area (Å²) in [6.07, 6.45) is -0.943. The minimum absolute atomic E-state index is 0.0318. The molecule has 0 fully saturated rings. The first-order chi connectivity index (χ1) is 14.8. The van der Waals surface area contributed by atoms with Gasteiger partial charge < -0.3 is 10.1 Å². The number of amides is 1. The van der Waals surface area contributed by atoms with Crippen LogP contribution in [0.25, 0.3) is 0 Å². The Morgan fingerprint density at radius 1 is 1.06 bits per heavy atom. The van der Waals surface area contributed by atoms with Crippen molar-refractivity contribution in [3.05, 3.63) is 77.4 Å². The zero-order valence-corrected chi connectivity index (χ0v) is 18.0. The Hall–Kier alpha value is -3.24. The first kappa shape index (κ1) is 22.4. The fourth-order valence-corrected chi connectivity index (χ4v) is 4.71. The maximum Gasteiger partial charge on any atom is 0.341 e. The quantitative estimate of drug-likeness (QED) is 0.487. The molecule has 1 amide bonds. The van der Waals surface area contributed by atoms with Crippen molar-refractivity contribution in [2.75, 3.05) is 10.0 Å². The summed E-state index contributed by atoms with van der Waals surface area (Å²) in [4.78, 5) is 25.2. The molecule has 1 atom stereocenters. The van der Waals surface area contributed by atoms with E-state index < -0.39 is 33.8 Å². The largest absolute Gasteiger partial charge is 0.449 e. The summed E-state index contributed by atoms with van der Waals surface area (Å²) < 4.78 is 45.9. The molecule has 1 heterocycles. The number of hydrogen-bond donors (Lipinski definition) is 2. The average molecular weight is 463 g/mol. The Labute approximate surface area is 182 Å². The minimum atomic E-state index is -3.87. The molecule has 3 rings (SSSR count). The van der Waals surface area contributed by atoms with Crippen LogP contribution in [-0.4, -0.2) is 26.4 Å². The maximum atomic E-state index is 13.0. The second kappa shape index (κ2) is 9.71. The number of anilines is 2. The summed E-state index contributed by atoms with van der Waals surface area (Å²) in [6, 6.07) is 14.2. The van der Waals surface area contributed by atoms with Gasteiger partial charge in [0.25, 0.3) is 15.9 Å². The third-order valence-corrected chi connectivity index (χ3v) is 6.94. The van der Waals surface area contributed by atoms with Crippen molar-refractivity contribution in [2.24, 2.45) is 0 Å². The van der Waals surface area contributed by atoms with Crippen LogP contribution < -0.4 is 10.0 Å². The molecule has 0 aliphatic carbocycles. The van der Waals surface area contributed by atoms with Gasteiger partial charge in [0, 0.05) is 5.69 Å². The molecular formula is C21H19FN2O5S2. The lowest BCUT2D eigenvalue weighted by atomic mass is 10.2. The number of nitrogens with one attached hydrogen (secondary N) is 2. The number of carbonyl (C=O) groups excluding carboxylic acids is 2. The fraction of sp³-hybridized carbons (Fsp3) is 0.143. The van der Waals surface area contributed by atoms with Crippen LogP contribution in [0, 0.1) is 5.82 Å². The summed E-state index contributed by atoms with van der Waals surface area (Å²) in [5.74, 6) is -1.89. The van der Waals surface area contributed by atoms with Gasteiger partial charge in [-0.15, -0.1) is 11.3 Å². The predicted molar refractivity (Wildman–Crippen MR) is 116 cm³/mol. The second-order valence-electron chi connectivity index (χ2n) is 6.38. The fourth-order valence-electron chi connectivity index (χ4n) is 2.63. The highest BCUT2D eigenvalue weighted by atomic mass is 32.2. The highest BCUT2D eigenvalue weighted by Gasteiger charge is 2.25. The van der Waals surface area contributed by atoms with Gasteiger partial charge in [-0.2, -0.15) is 0 Å². The molecule has 2 N–H and O–H groups in total. The molecule has 10 heteroatoms. The summed E-state index contributed by atoms with van der Waals surface area (Å²) in [7, 11) is -3.87. The third-order valence-electron chi connectivity index (χ3n) is 4.18. The lowest BCUT2D eigenvalue weighted by Gasteiger charge is -2.17. The van der Waals surface area contributed by atoms with E-state index in [0.29, 0.717) is 5.69 Å². The summed E-state index contributed by atoms with van der Waals surface area (Å²) in [6.45, 7) is 1.66. The zero-order chi connectivity index (χ0) is 22.4. The number of rotatable bonds is 8. The van der Waals surface area contributed by atoms with Crippen molar-refractivity contribution in [1.82, 2.24) is 0 Å². The Morgan fingerprint density at radius 2 is 1.77 bits per heavy atom. The summed E-state index contributed by atoms with van der Waals surface area (Å²) in [5, 5.41) is 4.18. The molecule has 1 unspecified atom stereocenters. The summed E-state index contributed by atoms with van der Waals surface area (Å²) >= 11 is 1.04. The Kier molecular flexibility index (Phi) is 7.03. The van der Waals surface area contributed by atoms with Gasteiger partial charge >= 0.3 is 5.97 Å². The number of hydrogen-bond acceptors (Lipinski definition) is 6. The number of benzene rings is 2. The molecule has 0 saturated carbocycles. The van der Waals surface area contributed by atoms with Crippen molar-refractivity contribution in [3.8, 4) is 0 Å². The molecule has 0 saturated heterocycles. The average Bonchev–Trinajstić information content (AvgIpc) is 3.29. The Balaban J connectivity index is 1.74. The number of esters is 1. The van der Waals surface area contributed by atoms with Crippen LogP contribution in [0.1, 0.15) is 23.7 Å². The first-order valence-corrected chi connectivity index (χ1v) is 11.6. The maximum absolute atomic E-state index is 13.0. The second-order valence-corrected chi connectivity index (χ2v) is 9.24. The molecule has 0 spiro atoms. The SMILES string of the molecule is CCC(OC(=O)c1ccccc1NS(=O)(=O)c1cccs1)C(=O)Nc1ccc(F)cc1. The smallest absolute Gasteiger partial charge is 0.341 e. The van der Waals surface area contributed by atoms with Crippen LogP contribution in [0.4, 0.5) is 15.8 Å². The Bertz CT molecular complexity index is 1160. The zero-order valence-electron chi connectivity index (χ0n) is 16.4. The van der Waals surface area contributed by atoms with E-state index >= 15 is 0 Å². The van der Waals surface area contributed by atoms with E-state index in [4.69, 9.17) is 4.74 Å². The lowest BCUT2D eigenvalue weighted by molar-refractivity contribution is -0.124. The molecule has 2 aromatic carbocycles. The minimum Gasteiger partial charge on any atom is -0.449 e. The van der Waals surface area contributed by atoms with Gasteiger partial charge in [-0.25, -0.2) is 17.6 Å². The molecule has 0 aliphatic rings. The van der Waals surface area contributed by atoms with Crippen LogP contribution in [0.5, 0.6) is 0 Å². The van der Waals surface area contributed by atoms with Crippen LogP contribution >= 0.6 is 11.3 Å². The van der Waals surface area contributed by atoms with Crippen molar-refractivity contribution in [1.29, 1.82) is 0 Å². The van der Waals surface area contributed by atoms with Crippen molar-refractivity contribution < 1.29 is 27.1 Å². The summed E-state index contributed by atoms with van der Waals surface area (Å²) in [5.41, 5.74) is 0.357. The number of para-hydroxylation sites is 1. The third kappa shape index (κ3) is 5.68. The van der Waals surface area contributed by atoms with Crippen molar-refractivity contribution in [3.63, 3.8) is 0 Å². The lowest BCUT2D eigenvalue weighted by Crippen LogP contribution is -2.32. The molecule has 162 valence electrons. The van der Waals surface area contributed by atoms with Gasteiger partial charge in [-0.1, -0.05) is 25.1 Å². The molecule has 3 aromatic rings. The Morgan fingerprint density at radius 3 is 2.42 bits per heavy atom. The van der Waals surface area contributed by atoms with E-state index in [9.17, 15) is 22.4 Å². The van der Waals surface area contributed by atoms with Crippen LogP contribution in [0.15, 0.2) is 70.3 Å². The van der Waals surface area contributed by atoms with E-state index in [0.717, 1.165) is 11.3 Å². The van der Waals surface area contributed by atoms with Crippen LogP contribution in [0.3, 0.4) is 0 Å². The van der Waals surface area contributed by atoms with E-state index in [1.165, 1.54) is 42.5 Å². The molecule has 7 nitrogen and oxygen atoms in total. The van der Waals surface area contributed by atoms with Gasteiger partial charge in [-0.05, 0) is 54.3 Å². The van der Waals surface area contributed by atoms with E-state index in [2.05, 4.69) is 10.0 Å². The topological polar surface area (TPSA) is 102 Å².